The van der Waals surface area contributed by atoms with Crippen LogP contribution in [0.2, 0.25) is 0 Å². The average molecular weight is 468 g/mol. The van der Waals surface area contributed by atoms with E-state index < -0.39 is 17.9 Å². The molecule has 2 heterocycles. The van der Waals surface area contributed by atoms with Crippen molar-refractivity contribution in [1.82, 2.24) is 9.47 Å². The van der Waals surface area contributed by atoms with E-state index in [1.165, 1.54) is 11.3 Å². The summed E-state index contributed by atoms with van der Waals surface area (Å²) in [4.78, 5) is 44.0. The van der Waals surface area contributed by atoms with Gasteiger partial charge < -0.3 is 19.3 Å². The van der Waals surface area contributed by atoms with Crippen LogP contribution in [0.4, 0.5) is 0 Å². The van der Waals surface area contributed by atoms with E-state index in [9.17, 15) is 19.5 Å². The molecule has 1 aliphatic heterocycles. The number of hydrogen-bond acceptors (Lipinski definition) is 5. The standard InChI is InChI=1S/C24H25N3O5S/c1-3-18(23(30)31)27-19-9-8-17(22(29)26-10-12-32-13-11-26)14-20(19)33-24(27)25-21(28)16-6-4-15(2)5-7-16/h4-9,14,18H,3,10-13H2,1-2H3,(H,30,31)/b25-24-. The highest BCUT2D eigenvalue weighted by Crippen LogP contribution is 2.25. The Morgan fingerprint density at radius 1 is 1.09 bits per heavy atom. The number of amides is 2. The fraction of sp³-hybridized carbons (Fsp3) is 0.333. The van der Waals surface area contributed by atoms with Crippen LogP contribution in [0.3, 0.4) is 0 Å². The Balaban J connectivity index is 1.81. The maximum Gasteiger partial charge on any atom is 0.326 e. The van der Waals surface area contributed by atoms with Crippen molar-refractivity contribution in [1.29, 1.82) is 0 Å². The van der Waals surface area contributed by atoms with E-state index in [0.29, 0.717) is 58.9 Å². The summed E-state index contributed by atoms with van der Waals surface area (Å²) >= 11 is 1.21. The van der Waals surface area contributed by atoms with Crippen molar-refractivity contribution in [3.05, 3.63) is 64.0 Å². The molecule has 3 aromatic rings. The quantitative estimate of drug-likeness (QED) is 0.621. The van der Waals surface area contributed by atoms with Crippen LogP contribution in [0.15, 0.2) is 47.5 Å². The van der Waals surface area contributed by atoms with E-state index in [2.05, 4.69) is 4.99 Å². The third kappa shape index (κ3) is 4.74. The highest BCUT2D eigenvalue weighted by molar-refractivity contribution is 7.16. The number of nitrogens with zero attached hydrogens (tertiary/aromatic N) is 3. The van der Waals surface area contributed by atoms with E-state index in [-0.39, 0.29) is 5.91 Å². The number of carbonyl (C=O) groups is 3. The summed E-state index contributed by atoms with van der Waals surface area (Å²) in [6.45, 7) is 5.78. The van der Waals surface area contributed by atoms with Crippen LogP contribution in [0.25, 0.3) is 10.2 Å². The highest BCUT2D eigenvalue weighted by atomic mass is 32.1. The van der Waals surface area contributed by atoms with Crippen molar-refractivity contribution in [2.75, 3.05) is 26.3 Å². The van der Waals surface area contributed by atoms with Crippen molar-refractivity contribution in [2.45, 2.75) is 26.3 Å². The number of thiazole rings is 1. The second-order valence-electron chi connectivity index (χ2n) is 7.89. The van der Waals surface area contributed by atoms with Crippen LogP contribution < -0.4 is 4.80 Å². The Kier molecular flexibility index (Phi) is 6.71. The summed E-state index contributed by atoms with van der Waals surface area (Å²) in [5.74, 6) is -1.55. The molecule has 0 bridgehead atoms. The number of fused-ring (bicyclic) bond motifs is 1. The van der Waals surface area contributed by atoms with E-state index in [1.807, 2.05) is 19.1 Å². The van der Waals surface area contributed by atoms with Crippen molar-refractivity contribution in [2.24, 2.45) is 4.99 Å². The zero-order valence-electron chi connectivity index (χ0n) is 18.5. The van der Waals surface area contributed by atoms with Gasteiger partial charge in [-0.2, -0.15) is 4.99 Å². The zero-order valence-corrected chi connectivity index (χ0v) is 19.3. The molecule has 9 heteroatoms. The van der Waals surface area contributed by atoms with E-state index >= 15 is 0 Å². The monoisotopic (exact) mass is 467 g/mol. The molecule has 0 saturated carbocycles. The van der Waals surface area contributed by atoms with Gasteiger partial charge in [-0.15, -0.1) is 0 Å². The third-order valence-corrected chi connectivity index (χ3v) is 6.67. The van der Waals surface area contributed by atoms with E-state index in [1.54, 1.807) is 46.7 Å². The van der Waals surface area contributed by atoms with Gasteiger partial charge in [0.1, 0.15) is 6.04 Å². The molecule has 0 radical (unpaired) electrons. The molecule has 1 saturated heterocycles. The number of carboxylic acids is 1. The minimum absolute atomic E-state index is 0.0975. The van der Waals surface area contributed by atoms with Crippen molar-refractivity contribution < 1.29 is 24.2 Å². The second-order valence-corrected chi connectivity index (χ2v) is 8.90. The lowest BCUT2D eigenvalue weighted by Crippen LogP contribution is -2.40. The van der Waals surface area contributed by atoms with Crippen LogP contribution in [0.5, 0.6) is 0 Å². The number of rotatable bonds is 5. The van der Waals surface area contributed by atoms with Gasteiger partial charge in [-0.05, 0) is 43.7 Å². The molecule has 1 aromatic heterocycles. The van der Waals surface area contributed by atoms with E-state index in [0.717, 1.165) is 5.56 Å². The molecule has 8 nitrogen and oxygen atoms in total. The molecule has 1 atom stereocenters. The number of ether oxygens (including phenoxy) is 1. The molecule has 1 N–H and O–H groups in total. The van der Waals surface area contributed by atoms with Crippen LogP contribution in [-0.2, 0) is 9.53 Å². The SMILES string of the molecule is CCC(C(=O)O)n1/c(=N/C(=O)c2ccc(C)cc2)sc2cc(C(=O)N3CCOCC3)ccc21. The maximum absolute atomic E-state index is 12.9. The number of aromatic nitrogens is 1. The maximum atomic E-state index is 12.9. The fourth-order valence-electron chi connectivity index (χ4n) is 3.82. The second kappa shape index (κ2) is 9.68. The lowest BCUT2D eigenvalue weighted by Gasteiger charge is -2.26. The molecule has 4 rings (SSSR count). The van der Waals surface area contributed by atoms with Crippen molar-refractivity contribution in [3.8, 4) is 0 Å². The highest BCUT2D eigenvalue weighted by Gasteiger charge is 2.24. The number of carboxylic acid groups (broad SMARTS) is 1. The number of benzene rings is 2. The minimum Gasteiger partial charge on any atom is -0.480 e. The summed E-state index contributed by atoms with van der Waals surface area (Å²) in [5, 5.41) is 9.81. The fourth-order valence-corrected chi connectivity index (χ4v) is 4.93. The Morgan fingerprint density at radius 2 is 1.76 bits per heavy atom. The first-order chi connectivity index (χ1) is 15.9. The Hall–Kier alpha value is -3.30. The topological polar surface area (TPSA) is 101 Å². The summed E-state index contributed by atoms with van der Waals surface area (Å²) in [6.07, 6.45) is 0.321. The molecule has 0 aliphatic carbocycles. The molecular weight excluding hydrogens is 442 g/mol. The first-order valence-corrected chi connectivity index (χ1v) is 11.6. The number of aliphatic carboxylic acids is 1. The first kappa shape index (κ1) is 22.9. The predicted octanol–water partition coefficient (Wildman–Crippen LogP) is 3.26. The van der Waals surface area contributed by atoms with Gasteiger partial charge in [-0.3, -0.25) is 9.59 Å². The van der Waals surface area contributed by atoms with Crippen molar-refractivity contribution in [3.63, 3.8) is 0 Å². The smallest absolute Gasteiger partial charge is 0.326 e. The Morgan fingerprint density at radius 3 is 2.39 bits per heavy atom. The zero-order chi connectivity index (χ0) is 23.5. The van der Waals surface area contributed by atoms with E-state index in [4.69, 9.17) is 4.74 Å². The summed E-state index contributed by atoms with van der Waals surface area (Å²) in [5.41, 5.74) is 2.59. The summed E-state index contributed by atoms with van der Waals surface area (Å²) in [7, 11) is 0. The Labute approximate surface area is 194 Å². The van der Waals surface area contributed by atoms with Gasteiger partial charge in [-0.1, -0.05) is 36.0 Å². The molecular formula is C24H25N3O5S. The van der Waals surface area contributed by atoms with Gasteiger partial charge in [0, 0.05) is 24.2 Å². The lowest BCUT2D eigenvalue weighted by molar-refractivity contribution is -0.140. The lowest BCUT2D eigenvalue weighted by atomic mass is 10.1. The number of hydrogen-bond donors (Lipinski definition) is 1. The van der Waals surface area contributed by atoms with Gasteiger partial charge in [0.2, 0.25) is 0 Å². The van der Waals surface area contributed by atoms with Gasteiger partial charge in [0.15, 0.2) is 4.80 Å². The minimum atomic E-state index is -1.00. The molecule has 2 amide bonds. The van der Waals surface area contributed by atoms with Crippen LogP contribution in [0, 0.1) is 6.92 Å². The largest absolute Gasteiger partial charge is 0.480 e. The van der Waals surface area contributed by atoms with Crippen LogP contribution in [0.1, 0.15) is 45.7 Å². The Bertz CT molecular complexity index is 1270. The summed E-state index contributed by atoms with van der Waals surface area (Å²) in [6, 6.07) is 11.4. The third-order valence-electron chi connectivity index (χ3n) is 5.65. The number of morpholine rings is 1. The van der Waals surface area contributed by atoms with Crippen LogP contribution in [-0.4, -0.2) is 58.7 Å². The number of aryl methyl sites for hydroxylation is 1. The van der Waals surface area contributed by atoms with Gasteiger partial charge >= 0.3 is 5.97 Å². The normalized spacial score (nSPS) is 15.6. The number of carbonyl (C=O) groups excluding carboxylic acids is 2. The van der Waals surface area contributed by atoms with Gasteiger partial charge in [0.25, 0.3) is 11.8 Å². The van der Waals surface area contributed by atoms with Crippen LogP contribution >= 0.6 is 11.3 Å². The molecule has 1 fully saturated rings. The molecule has 0 spiro atoms. The molecule has 1 aliphatic rings. The first-order valence-electron chi connectivity index (χ1n) is 10.8. The molecule has 2 aromatic carbocycles. The average Bonchev–Trinajstić information content (AvgIpc) is 3.16. The molecule has 1 unspecified atom stereocenters. The summed E-state index contributed by atoms with van der Waals surface area (Å²) < 4.78 is 7.60. The molecule has 172 valence electrons. The van der Waals surface area contributed by atoms with Crippen molar-refractivity contribution >= 4 is 39.3 Å². The molecule has 33 heavy (non-hydrogen) atoms. The predicted molar refractivity (Wildman–Crippen MR) is 125 cm³/mol. The van der Waals surface area contributed by atoms with Gasteiger partial charge in [0.05, 0.1) is 23.4 Å². The van der Waals surface area contributed by atoms with Gasteiger partial charge in [-0.25, -0.2) is 4.79 Å².